The van der Waals surface area contributed by atoms with Gasteiger partial charge < -0.3 is 4.74 Å². The molecule has 0 aliphatic carbocycles. The Morgan fingerprint density at radius 2 is 2.09 bits per heavy atom. The summed E-state index contributed by atoms with van der Waals surface area (Å²) in [6, 6.07) is 2.21. The van der Waals surface area contributed by atoms with Gasteiger partial charge in [0.05, 0.1) is 0 Å². The van der Waals surface area contributed by atoms with E-state index in [0.717, 1.165) is 24.4 Å². The SMILES string of the molecule is C[Si](C)(C)C#Cc1cnc2c(c1)CC1(CN3CCC1CC3)O2. The van der Waals surface area contributed by atoms with Gasteiger partial charge in [-0.25, -0.2) is 4.98 Å². The van der Waals surface area contributed by atoms with Crippen LogP contribution in [0.2, 0.25) is 19.6 Å². The van der Waals surface area contributed by atoms with E-state index in [9.17, 15) is 0 Å². The number of piperidine rings is 3. The van der Waals surface area contributed by atoms with Crippen LogP contribution in [0, 0.1) is 17.4 Å². The number of hydrogen-bond donors (Lipinski definition) is 0. The van der Waals surface area contributed by atoms with Crippen LogP contribution in [-0.4, -0.2) is 43.2 Å². The highest BCUT2D eigenvalue weighted by atomic mass is 28.3. The third-order valence-corrected chi connectivity index (χ3v) is 5.99. The quantitative estimate of drug-likeness (QED) is 0.544. The fourth-order valence-electron chi connectivity index (χ4n) is 4.04. The second kappa shape index (κ2) is 4.84. The molecule has 0 N–H and O–H groups in total. The van der Waals surface area contributed by atoms with Gasteiger partial charge in [0.2, 0.25) is 5.88 Å². The molecule has 0 amide bonds. The summed E-state index contributed by atoms with van der Waals surface area (Å²) < 4.78 is 6.38. The molecule has 1 spiro atoms. The second-order valence-corrected chi connectivity index (χ2v) is 12.8. The molecule has 1 aromatic rings. The molecule has 4 heteroatoms. The first-order valence-corrected chi connectivity index (χ1v) is 11.9. The van der Waals surface area contributed by atoms with Gasteiger partial charge in [-0.1, -0.05) is 25.6 Å². The molecule has 1 atom stereocenters. The molecule has 3 nitrogen and oxygen atoms in total. The van der Waals surface area contributed by atoms with Crippen molar-refractivity contribution in [3.63, 3.8) is 0 Å². The zero-order valence-electron chi connectivity index (χ0n) is 13.8. The molecule has 5 heterocycles. The lowest BCUT2D eigenvalue weighted by Gasteiger charge is -2.50. The highest BCUT2D eigenvalue weighted by Gasteiger charge is 2.52. The van der Waals surface area contributed by atoms with E-state index in [-0.39, 0.29) is 5.60 Å². The second-order valence-electron chi connectivity index (χ2n) is 8.08. The third kappa shape index (κ3) is 2.47. The van der Waals surface area contributed by atoms with Gasteiger partial charge in [0.1, 0.15) is 13.7 Å². The van der Waals surface area contributed by atoms with E-state index in [4.69, 9.17) is 4.74 Å². The van der Waals surface area contributed by atoms with Crippen molar-refractivity contribution in [3.8, 4) is 17.3 Å². The van der Waals surface area contributed by atoms with E-state index in [1.54, 1.807) is 0 Å². The van der Waals surface area contributed by atoms with Crippen molar-refractivity contribution in [3.05, 3.63) is 23.4 Å². The number of ether oxygens (including phenoxy) is 1. The van der Waals surface area contributed by atoms with Crippen LogP contribution in [0.3, 0.4) is 0 Å². The summed E-state index contributed by atoms with van der Waals surface area (Å²) in [4.78, 5) is 7.12. The summed E-state index contributed by atoms with van der Waals surface area (Å²) in [5.74, 6) is 4.87. The van der Waals surface area contributed by atoms with Gasteiger partial charge in [0, 0.05) is 36.2 Å². The van der Waals surface area contributed by atoms with Crippen molar-refractivity contribution in [2.24, 2.45) is 5.92 Å². The van der Waals surface area contributed by atoms with Crippen molar-refractivity contribution in [1.82, 2.24) is 9.88 Å². The van der Waals surface area contributed by atoms with Gasteiger partial charge in [-0.2, -0.15) is 0 Å². The van der Waals surface area contributed by atoms with Crippen LogP contribution in [0.4, 0.5) is 0 Å². The summed E-state index contributed by atoms with van der Waals surface area (Å²) in [6.45, 7) is 10.4. The van der Waals surface area contributed by atoms with E-state index in [1.807, 2.05) is 6.20 Å². The van der Waals surface area contributed by atoms with Gasteiger partial charge in [0.15, 0.2) is 0 Å². The van der Waals surface area contributed by atoms with Crippen molar-refractivity contribution >= 4 is 8.07 Å². The first kappa shape index (κ1) is 14.3. The van der Waals surface area contributed by atoms with E-state index in [0.29, 0.717) is 5.92 Å². The van der Waals surface area contributed by atoms with Crippen molar-refractivity contribution < 1.29 is 4.74 Å². The Hall–Kier alpha value is -1.31. The number of fused-ring (bicyclic) bond motifs is 3. The molecule has 2 bridgehead atoms. The first-order chi connectivity index (χ1) is 10.4. The van der Waals surface area contributed by atoms with Crippen molar-refractivity contribution in [1.29, 1.82) is 0 Å². The minimum atomic E-state index is -1.34. The van der Waals surface area contributed by atoms with E-state index >= 15 is 0 Å². The highest BCUT2D eigenvalue weighted by molar-refractivity contribution is 6.83. The highest BCUT2D eigenvalue weighted by Crippen LogP contribution is 2.46. The Bertz CT molecular complexity index is 662. The summed E-state index contributed by atoms with van der Waals surface area (Å²) in [5.41, 5.74) is 5.73. The lowest BCUT2D eigenvalue weighted by Crippen LogP contribution is -2.61. The van der Waals surface area contributed by atoms with E-state index in [2.05, 4.69) is 47.1 Å². The monoisotopic (exact) mass is 312 g/mol. The minimum absolute atomic E-state index is 0.00331. The van der Waals surface area contributed by atoms with Gasteiger partial charge >= 0.3 is 0 Å². The fourth-order valence-corrected chi connectivity index (χ4v) is 4.56. The van der Waals surface area contributed by atoms with Gasteiger partial charge in [-0.05, 0) is 32.0 Å². The molecule has 116 valence electrons. The van der Waals surface area contributed by atoms with Crippen LogP contribution in [0.5, 0.6) is 5.88 Å². The summed E-state index contributed by atoms with van der Waals surface area (Å²) in [7, 11) is -1.34. The Labute approximate surface area is 134 Å². The Morgan fingerprint density at radius 3 is 2.73 bits per heavy atom. The molecule has 4 aliphatic rings. The average molecular weight is 312 g/mol. The zero-order valence-corrected chi connectivity index (χ0v) is 14.8. The van der Waals surface area contributed by atoms with Crippen LogP contribution in [-0.2, 0) is 6.42 Å². The molecule has 3 fully saturated rings. The Kier molecular flexibility index (Phi) is 3.14. The standard InChI is InChI=1S/C18H24N2OSi/c1-22(2,3)9-6-14-10-15-11-18(21-17(15)19-12-14)13-20-7-4-16(18)5-8-20/h10,12,16H,4-5,7-8,11,13H2,1-3H3. The maximum Gasteiger partial charge on any atom is 0.217 e. The fraction of sp³-hybridized carbons (Fsp3) is 0.611. The smallest absolute Gasteiger partial charge is 0.217 e. The molecule has 4 aliphatic heterocycles. The Balaban J connectivity index is 1.60. The molecule has 3 saturated heterocycles. The van der Waals surface area contributed by atoms with Gasteiger partial charge in [-0.3, -0.25) is 4.90 Å². The molecule has 22 heavy (non-hydrogen) atoms. The number of rotatable bonds is 0. The summed E-state index contributed by atoms with van der Waals surface area (Å²) in [6.07, 6.45) is 5.44. The van der Waals surface area contributed by atoms with Crippen LogP contribution in [0.1, 0.15) is 24.0 Å². The topological polar surface area (TPSA) is 25.4 Å². The minimum Gasteiger partial charge on any atom is -0.469 e. The predicted molar refractivity (Wildman–Crippen MR) is 90.7 cm³/mol. The maximum atomic E-state index is 6.38. The lowest BCUT2D eigenvalue weighted by atomic mass is 9.73. The van der Waals surface area contributed by atoms with Gasteiger partial charge in [0.25, 0.3) is 0 Å². The molecular weight excluding hydrogens is 288 g/mol. The normalized spacial score (nSPS) is 32.3. The molecule has 1 unspecified atom stereocenters. The van der Waals surface area contributed by atoms with Crippen LogP contribution >= 0.6 is 0 Å². The lowest BCUT2D eigenvalue weighted by molar-refractivity contribution is -0.0814. The number of nitrogens with zero attached hydrogens (tertiary/aromatic N) is 2. The van der Waals surface area contributed by atoms with E-state index < -0.39 is 8.07 Å². The first-order valence-electron chi connectivity index (χ1n) is 8.37. The number of aromatic nitrogens is 1. The summed E-state index contributed by atoms with van der Waals surface area (Å²) >= 11 is 0. The predicted octanol–water partition coefficient (Wildman–Crippen LogP) is 2.71. The maximum absolute atomic E-state index is 6.38. The number of hydrogen-bond acceptors (Lipinski definition) is 3. The molecule has 0 aromatic carbocycles. The number of pyridine rings is 1. The molecule has 0 saturated carbocycles. The van der Waals surface area contributed by atoms with Crippen molar-refractivity contribution in [2.45, 2.75) is 44.5 Å². The van der Waals surface area contributed by atoms with Crippen LogP contribution in [0.25, 0.3) is 0 Å². The Morgan fingerprint density at radius 1 is 1.32 bits per heavy atom. The molecule has 0 radical (unpaired) electrons. The molecule has 1 aromatic heterocycles. The zero-order chi connectivity index (χ0) is 15.4. The molecular formula is C18H24N2OSi. The largest absolute Gasteiger partial charge is 0.469 e. The van der Waals surface area contributed by atoms with Crippen LogP contribution < -0.4 is 4.74 Å². The van der Waals surface area contributed by atoms with E-state index in [1.165, 1.54) is 31.5 Å². The van der Waals surface area contributed by atoms with Crippen molar-refractivity contribution in [2.75, 3.05) is 19.6 Å². The molecule has 5 rings (SSSR count). The summed E-state index contributed by atoms with van der Waals surface area (Å²) in [5, 5.41) is 0. The van der Waals surface area contributed by atoms with Crippen LogP contribution in [0.15, 0.2) is 12.3 Å². The van der Waals surface area contributed by atoms with Gasteiger partial charge in [-0.15, -0.1) is 5.54 Å². The average Bonchev–Trinajstić information content (AvgIpc) is 2.82. The third-order valence-electron chi connectivity index (χ3n) is 5.12.